The molecular formula is C12H18FNO2. The second-order valence-corrected chi connectivity index (χ2v) is 4.21. The Balaban J connectivity index is 4.29. The van der Waals surface area contributed by atoms with Crippen molar-refractivity contribution in [1.82, 2.24) is 0 Å². The van der Waals surface area contributed by atoms with E-state index in [-0.39, 0.29) is 50.1 Å². The summed E-state index contributed by atoms with van der Waals surface area (Å²) in [5.41, 5.74) is -1.55. The lowest BCUT2D eigenvalue weighted by Gasteiger charge is -2.23. The molecule has 0 atom stereocenters. The average Bonchev–Trinajstić information content (AvgIpc) is 2.21. The summed E-state index contributed by atoms with van der Waals surface area (Å²) >= 11 is 0. The third-order valence-corrected chi connectivity index (χ3v) is 2.54. The molecule has 0 aromatic carbocycles. The first-order valence-corrected chi connectivity index (χ1v) is 5.44. The predicted molar refractivity (Wildman–Crippen MR) is 58.5 cm³/mol. The fourth-order valence-corrected chi connectivity index (χ4v) is 1.46. The lowest BCUT2D eigenvalue weighted by molar-refractivity contribution is -0.118. The second kappa shape index (κ2) is 7.10. The molecule has 0 spiro atoms. The molecule has 0 aromatic rings. The highest BCUT2D eigenvalue weighted by Crippen LogP contribution is 2.29. The van der Waals surface area contributed by atoms with Crippen molar-refractivity contribution >= 4 is 11.6 Å². The average molecular weight is 227 g/mol. The van der Waals surface area contributed by atoms with Gasteiger partial charge in [-0.15, -0.1) is 0 Å². The SMILES string of the molecule is CC(=O)CCC(F)(CCC#N)CCC(C)=O. The number of rotatable bonds is 8. The normalized spacial score (nSPS) is 10.9. The first-order valence-electron chi connectivity index (χ1n) is 5.44. The molecule has 16 heavy (non-hydrogen) atoms. The fraction of sp³-hybridized carbons (Fsp3) is 0.750. The minimum absolute atomic E-state index is 0.0678. The van der Waals surface area contributed by atoms with Gasteiger partial charge >= 0.3 is 0 Å². The molecule has 4 heteroatoms. The number of halogens is 1. The fourth-order valence-electron chi connectivity index (χ4n) is 1.46. The number of hydrogen-bond donors (Lipinski definition) is 0. The Hall–Kier alpha value is -1.24. The van der Waals surface area contributed by atoms with E-state index in [1.807, 2.05) is 6.07 Å². The number of nitriles is 1. The highest BCUT2D eigenvalue weighted by atomic mass is 19.1. The van der Waals surface area contributed by atoms with E-state index in [0.717, 1.165) is 0 Å². The van der Waals surface area contributed by atoms with Crippen molar-refractivity contribution in [3.8, 4) is 6.07 Å². The molecule has 0 aliphatic carbocycles. The van der Waals surface area contributed by atoms with Crippen molar-refractivity contribution in [2.24, 2.45) is 0 Å². The molecular weight excluding hydrogens is 209 g/mol. The molecule has 0 saturated carbocycles. The number of Topliss-reactive ketones (excluding diaryl/α,β-unsaturated/α-hetero) is 2. The standard InChI is InChI=1S/C12H18FNO2/c1-10(15)4-7-12(13,6-3-9-14)8-5-11(2)16/h3-8H2,1-2H3. The summed E-state index contributed by atoms with van der Waals surface area (Å²) in [6, 6.07) is 1.89. The van der Waals surface area contributed by atoms with Crippen LogP contribution < -0.4 is 0 Å². The van der Waals surface area contributed by atoms with E-state index in [4.69, 9.17) is 5.26 Å². The molecule has 0 N–H and O–H groups in total. The largest absolute Gasteiger partial charge is 0.300 e. The van der Waals surface area contributed by atoms with Crippen LogP contribution in [0.2, 0.25) is 0 Å². The Morgan fingerprint density at radius 3 is 1.88 bits per heavy atom. The lowest BCUT2D eigenvalue weighted by Crippen LogP contribution is -2.24. The van der Waals surface area contributed by atoms with Crippen LogP contribution in [0.3, 0.4) is 0 Å². The molecule has 0 amide bonds. The summed E-state index contributed by atoms with van der Waals surface area (Å²) in [5.74, 6) is -0.136. The molecule has 0 saturated heterocycles. The Labute approximate surface area is 95.6 Å². The minimum Gasteiger partial charge on any atom is -0.300 e. The van der Waals surface area contributed by atoms with E-state index in [9.17, 15) is 14.0 Å². The van der Waals surface area contributed by atoms with Gasteiger partial charge in [0.15, 0.2) is 0 Å². The van der Waals surface area contributed by atoms with Crippen LogP contribution in [0.1, 0.15) is 52.4 Å². The van der Waals surface area contributed by atoms with Crippen LogP contribution in [0.4, 0.5) is 4.39 Å². The Morgan fingerprint density at radius 2 is 1.56 bits per heavy atom. The van der Waals surface area contributed by atoms with E-state index >= 15 is 0 Å². The molecule has 0 radical (unpaired) electrons. The van der Waals surface area contributed by atoms with Gasteiger partial charge in [0.25, 0.3) is 0 Å². The maximum absolute atomic E-state index is 14.2. The number of carbonyl (C=O) groups is 2. The summed E-state index contributed by atoms with van der Waals surface area (Å²) < 4.78 is 14.2. The zero-order valence-electron chi connectivity index (χ0n) is 9.88. The van der Waals surface area contributed by atoms with Gasteiger partial charge in [0.2, 0.25) is 0 Å². The van der Waals surface area contributed by atoms with E-state index in [1.54, 1.807) is 0 Å². The van der Waals surface area contributed by atoms with Gasteiger partial charge in [0, 0.05) is 19.3 Å². The minimum atomic E-state index is -1.55. The van der Waals surface area contributed by atoms with E-state index in [0.29, 0.717) is 0 Å². The monoisotopic (exact) mass is 227 g/mol. The highest BCUT2D eigenvalue weighted by molar-refractivity contribution is 5.76. The van der Waals surface area contributed by atoms with Crippen molar-refractivity contribution in [1.29, 1.82) is 5.26 Å². The molecule has 0 aliphatic heterocycles. The zero-order valence-corrected chi connectivity index (χ0v) is 9.88. The topological polar surface area (TPSA) is 57.9 Å². The van der Waals surface area contributed by atoms with Gasteiger partial charge < -0.3 is 9.59 Å². The van der Waals surface area contributed by atoms with Crippen LogP contribution in [0, 0.1) is 11.3 Å². The second-order valence-electron chi connectivity index (χ2n) is 4.21. The molecule has 0 heterocycles. The van der Waals surface area contributed by atoms with Gasteiger partial charge in [0.1, 0.15) is 17.2 Å². The van der Waals surface area contributed by atoms with Crippen LogP contribution in [-0.4, -0.2) is 17.2 Å². The van der Waals surface area contributed by atoms with Crippen molar-refractivity contribution < 1.29 is 14.0 Å². The van der Waals surface area contributed by atoms with Crippen LogP contribution in [0.25, 0.3) is 0 Å². The van der Waals surface area contributed by atoms with Crippen molar-refractivity contribution in [3.05, 3.63) is 0 Å². The van der Waals surface area contributed by atoms with Gasteiger partial charge in [-0.05, 0) is 33.1 Å². The van der Waals surface area contributed by atoms with Gasteiger partial charge in [0.05, 0.1) is 6.07 Å². The number of alkyl halides is 1. The van der Waals surface area contributed by atoms with Gasteiger partial charge in [-0.1, -0.05) is 0 Å². The molecule has 0 bridgehead atoms. The summed E-state index contributed by atoms with van der Waals surface area (Å²) in [5, 5.41) is 8.43. The number of ketones is 2. The molecule has 0 rings (SSSR count). The first kappa shape index (κ1) is 14.8. The van der Waals surface area contributed by atoms with Crippen LogP contribution in [-0.2, 0) is 9.59 Å². The Morgan fingerprint density at radius 1 is 1.12 bits per heavy atom. The molecule has 0 aliphatic rings. The van der Waals surface area contributed by atoms with Crippen LogP contribution in [0.5, 0.6) is 0 Å². The van der Waals surface area contributed by atoms with Gasteiger partial charge in [-0.2, -0.15) is 5.26 Å². The summed E-state index contributed by atoms with van der Waals surface area (Å²) in [6.45, 7) is 2.82. The number of hydrogen-bond acceptors (Lipinski definition) is 3. The third-order valence-electron chi connectivity index (χ3n) is 2.54. The molecule has 0 fully saturated rings. The number of carbonyl (C=O) groups excluding carboxylic acids is 2. The smallest absolute Gasteiger partial charge is 0.129 e. The first-order chi connectivity index (χ1) is 7.39. The van der Waals surface area contributed by atoms with Crippen molar-refractivity contribution in [2.45, 2.75) is 58.0 Å². The Kier molecular flexibility index (Phi) is 6.55. The Bertz CT molecular complexity index is 276. The van der Waals surface area contributed by atoms with Crippen molar-refractivity contribution in [3.63, 3.8) is 0 Å². The molecule has 0 aromatic heterocycles. The lowest BCUT2D eigenvalue weighted by atomic mass is 9.88. The van der Waals surface area contributed by atoms with Crippen LogP contribution in [0.15, 0.2) is 0 Å². The van der Waals surface area contributed by atoms with E-state index in [2.05, 4.69) is 0 Å². The zero-order chi connectivity index (χ0) is 12.6. The number of nitrogens with zero attached hydrogens (tertiary/aromatic N) is 1. The van der Waals surface area contributed by atoms with E-state index in [1.165, 1.54) is 13.8 Å². The summed E-state index contributed by atoms with van der Waals surface area (Å²) in [6.07, 6.45) is 0.768. The maximum Gasteiger partial charge on any atom is 0.129 e. The molecule has 3 nitrogen and oxygen atoms in total. The molecule has 0 unspecified atom stereocenters. The van der Waals surface area contributed by atoms with Gasteiger partial charge in [-0.3, -0.25) is 0 Å². The van der Waals surface area contributed by atoms with Crippen molar-refractivity contribution in [2.75, 3.05) is 0 Å². The predicted octanol–water partition coefficient (Wildman–Crippen LogP) is 2.74. The highest BCUT2D eigenvalue weighted by Gasteiger charge is 2.29. The maximum atomic E-state index is 14.2. The van der Waals surface area contributed by atoms with E-state index < -0.39 is 5.67 Å². The summed E-state index contributed by atoms with van der Waals surface area (Å²) in [7, 11) is 0. The van der Waals surface area contributed by atoms with Gasteiger partial charge in [-0.25, -0.2) is 4.39 Å². The summed E-state index contributed by atoms with van der Waals surface area (Å²) in [4.78, 5) is 21.6. The third kappa shape index (κ3) is 7.10. The molecule has 90 valence electrons. The quantitative estimate of drug-likeness (QED) is 0.640. The van der Waals surface area contributed by atoms with Crippen LogP contribution >= 0.6 is 0 Å².